The number of ether oxygens (including phenoxy) is 1. The summed E-state index contributed by atoms with van der Waals surface area (Å²) in [4.78, 5) is 12.7. The standard InChI is InChI=1S/C18H13ClF2N2O2S/c1-10(11-6-8-12(9-7-11)25-18(20)21)22-23-17(24)16-15(19)13-4-2-3-5-14(13)26-16/h2-9,18,22H,1H2,(H,23,24). The highest BCUT2D eigenvalue weighted by molar-refractivity contribution is 7.21. The van der Waals surface area contributed by atoms with Gasteiger partial charge in [-0.25, -0.2) is 0 Å². The van der Waals surface area contributed by atoms with Crippen LogP contribution in [0.4, 0.5) is 8.78 Å². The molecule has 0 unspecified atom stereocenters. The predicted octanol–water partition coefficient (Wildman–Crippen LogP) is 5.06. The van der Waals surface area contributed by atoms with Crippen LogP contribution in [0.3, 0.4) is 0 Å². The van der Waals surface area contributed by atoms with Crippen molar-refractivity contribution in [3.63, 3.8) is 0 Å². The van der Waals surface area contributed by atoms with E-state index in [1.54, 1.807) is 12.1 Å². The van der Waals surface area contributed by atoms with Gasteiger partial charge in [0.25, 0.3) is 5.91 Å². The predicted molar refractivity (Wildman–Crippen MR) is 99.5 cm³/mol. The average molecular weight is 395 g/mol. The Labute approximate surface area is 157 Å². The lowest BCUT2D eigenvalue weighted by Gasteiger charge is -2.11. The normalized spacial score (nSPS) is 10.8. The summed E-state index contributed by atoms with van der Waals surface area (Å²) >= 11 is 7.55. The minimum atomic E-state index is -2.88. The van der Waals surface area contributed by atoms with E-state index in [0.717, 1.165) is 10.1 Å². The van der Waals surface area contributed by atoms with E-state index in [-0.39, 0.29) is 5.75 Å². The summed E-state index contributed by atoms with van der Waals surface area (Å²) in [7, 11) is 0. The van der Waals surface area contributed by atoms with Crippen LogP contribution in [0.2, 0.25) is 5.02 Å². The molecule has 0 bridgehead atoms. The van der Waals surface area contributed by atoms with Gasteiger partial charge in [0.05, 0.1) is 10.7 Å². The first-order chi connectivity index (χ1) is 12.5. The smallest absolute Gasteiger partial charge is 0.387 e. The molecule has 2 aromatic carbocycles. The summed E-state index contributed by atoms with van der Waals surface area (Å²) in [6.07, 6.45) is 0. The number of halogens is 3. The Morgan fingerprint density at radius 2 is 1.81 bits per heavy atom. The fourth-order valence-electron chi connectivity index (χ4n) is 2.26. The highest BCUT2D eigenvalue weighted by Crippen LogP contribution is 2.34. The minimum absolute atomic E-state index is 0.0395. The molecule has 2 N–H and O–H groups in total. The van der Waals surface area contributed by atoms with Crippen LogP contribution in [0.25, 0.3) is 15.8 Å². The largest absolute Gasteiger partial charge is 0.435 e. The van der Waals surface area contributed by atoms with Crippen molar-refractivity contribution in [1.29, 1.82) is 0 Å². The van der Waals surface area contributed by atoms with E-state index in [0.29, 0.717) is 21.2 Å². The van der Waals surface area contributed by atoms with Crippen LogP contribution >= 0.6 is 22.9 Å². The fraction of sp³-hybridized carbons (Fsp3) is 0.0556. The number of hydrazine groups is 1. The number of alkyl halides is 2. The Kier molecular flexibility index (Phi) is 5.39. The second-order valence-corrected chi connectivity index (χ2v) is 6.63. The monoisotopic (exact) mass is 394 g/mol. The van der Waals surface area contributed by atoms with Crippen LogP contribution in [0.1, 0.15) is 15.2 Å². The summed E-state index contributed by atoms with van der Waals surface area (Å²) in [5.41, 5.74) is 6.22. The third-order valence-corrected chi connectivity index (χ3v) is 5.17. The van der Waals surface area contributed by atoms with E-state index in [4.69, 9.17) is 11.6 Å². The van der Waals surface area contributed by atoms with Gasteiger partial charge < -0.3 is 4.74 Å². The number of carbonyl (C=O) groups excluding carboxylic acids is 1. The van der Waals surface area contributed by atoms with Crippen LogP contribution in [0, 0.1) is 0 Å². The first-order valence-corrected chi connectivity index (χ1v) is 8.62. The molecule has 0 saturated carbocycles. The molecule has 0 aliphatic carbocycles. The Bertz CT molecular complexity index is 957. The molecule has 1 heterocycles. The van der Waals surface area contributed by atoms with Crippen molar-refractivity contribution in [3.8, 4) is 5.75 Å². The quantitative estimate of drug-likeness (QED) is 0.574. The number of hydrogen-bond acceptors (Lipinski definition) is 4. The van der Waals surface area contributed by atoms with Crippen molar-refractivity contribution >= 4 is 44.6 Å². The lowest BCUT2D eigenvalue weighted by atomic mass is 10.2. The first-order valence-electron chi connectivity index (χ1n) is 7.43. The van der Waals surface area contributed by atoms with Gasteiger partial charge in [0, 0.05) is 10.1 Å². The first kappa shape index (κ1) is 18.2. The van der Waals surface area contributed by atoms with E-state index in [1.165, 1.54) is 23.5 Å². The van der Waals surface area contributed by atoms with Crippen molar-refractivity contribution in [3.05, 3.63) is 70.6 Å². The number of nitrogens with one attached hydrogen (secondary N) is 2. The molecular formula is C18H13ClF2N2O2S. The van der Waals surface area contributed by atoms with Gasteiger partial charge in [0.2, 0.25) is 0 Å². The van der Waals surface area contributed by atoms with Crippen LogP contribution in [-0.4, -0.2) is 12.5 Å². The van der Waals surface area contributed by atoms with Crippen molar-refractivity contribution in [2.45, 2.75) is 6.61 Å². The van der Waals surface area contributed by atoms with Crippen molar-refractivity contribution in [1.82, 2.24) is 10.9 Å². The number of thiophene rings is 1. The number of amides is 1. The zero-order chi connectivity index (χ0) is 18.7. The topological polar surface area (TPSA) is 50.4 Å². The van der Waals surface area contributed by atoms with E-state index in [2.05, 4.69) is 22.2 Å². The maximum atomic E-state index is 12.4. The van der Waals surface area contributed by atoms with Gasteiger partial charge in [-0.05, 0) is 35.9 Å². The van der Waals surface area contributed by atoms with Gasteiger partial charge in [-0.2, -0.15) is 8.78 Å². The van der Waals surface area contributed by atoms with Gasteiger partial charge in [-0.15, -0.1) is 11.3 Å². The third-order valence-electron chi connectivity index (χ3n) is 3.50. The maximum absolute atomic E-state index is 12.4. The SMILES string of the molecule is C=C(NNC(=O)c1sc2ccccc2c1Cl)c1ccc(OC(F)F)cc1. The van der Waals surface area contributed by atoms with E-state index in [1.807, 2.05) is 24.3 Å². The summed E-state index contributed by atoms with van der Waals surface area (Å²) in [6.45, 7) is 0.920. The Hall–Kier alpha value is -2.64. The summed E-state index contributed by atoms with van der Waals surface area (Å²) in [6, 6.07) is 13.3. The van der Waals surface area contributed by atoms with Gasteiger partial charge in [0.15, 0.2) is 0 Å². The van der Waals surface area contributed by atoms with Crippen LogP contribution in [-0.2, 0) is 0 Å². The van der Waals surface area contributed by atoms with Gasteiger partial charge in [-0.1, -0.05) is 36.4 Å². The summed E-state index contributed by atoms with van der Waals surface area (Å²) < 4.78 is 29.5. The second kappa shape index (κ2) is 7.72. The number of benzene rings is 2. The maximum Gasteiger partial charge on any atom is 0.387 e. The Morgan fingerprint density at radius 1 is 1.12 bits per heavy atom. The van der Waals surface area contributed by atoms with Crippen LogP contribution < -0.4 is 15.6 Å². The molecule has 0 fully saturated rings. The second-order valence-electron chi connectivity index (χ2n) is 5.20. The molecule has 1 amide bonds. The molecule has 0 radical (unpaired) electrons. The zero-order valence-electron chi connectivity index (χ0n) is 13.3. The number of fused-ring (bicyclic) bond motifs is 1. The molecule has 26 heavy (non-hydrogen) atoms. The lowest BCUT2D eigenvalue weighted by Crippen LogP contribution is -2.35. The van der Waals surface area contributed by atoms with E-state index in [9.17, 15) is 13.6 Å². The van der Waals surface area contributed by atoms with Gasteiger partial charge >= 0.3 is 6.61 Å². The molecule has 3 rings (SSSR count). The van der Waals surface area contributed by atoms with E-state index >= 15 is 0 Å². The summed E-state index contributed by atoms with van der Waals surface area (Å²) in [5.74, 6) is -0.354. The van der Waals surface area contributed by atoms with Gasteiger partial charge in [0.1, 0.15) is 10.6 Å². The Morgan fingerprint density at radius 3 is 2.46 bits per heavy atom. The number of carbonyl (C=O) groups is 1. The molecule has 0 spiro atoms. The molecule has 4 nitrogen and oxygen atoms in total. The molecule has 0 aliphatic rings. The Balaban J connectivity index is 1.65. The lowest BCUT2D eigenvalue weighted by molar-refractivity contribution is -0.0498. The van der Waals surface area contributed by atoms with Crippen LogP contribution in [0.5, 0.6) is 5.75 Å². The molecular weight excluding hydrogens is 382 g/mol. The van der Waals surface area contributed by atoms with Crippen molar-refractivity contribution in [2.75, 3.05) is 0 Å². The number of rotatable bonds is 6. The van der Waals surface area contributed by atoms with Gasteiger partial charge in [-0.3, -0.25) is 15.6 Å². The minimum Gasteiger partial charge on any atom is -0.435 e. The molecule has 0 aliphatic heterocycles. The fourth-order valence-corrected chi connectivity index (χ4v) is 3.67. The molecule has 134 valence electrons. The highest BCUT2D eigenvalue weighted by atomic mass is 35.5. The summed E-state index contributed by atoms with van der Waals surface area (Å²) in [5, 5.41) is 1.21. The highest BCUT2D eigenvalue weighted by Gasteiger charge is 2.16. The van der Waals surface area contributed by atoms with Crippen molar-refractivity contribution in [2.24, 2.45) is 0 Å². The molecule has 3 aromatic rings. The van der Waals surface area contributed by atoms with Crippen LogP contribution in [0.15, 0.2) is 55.1 Å². The number of hydrogen-bond donors (Lipinski definition) is 2. The molecule has 8 heteroatoms. The van der Waals surface area contributed by atoms with Crippen molar-refractivity contribution < 1.29 is 18.3 Å². The molecule has 1 aromatic heterocycles. The molecule has 0 atom stereocenters. The molecule has 0 saturated heterocycles. The average Bonchev–Trinajstić information content (AvgIpc) is 2.97. The van der Waals surface area contributed by atoms with E-state index < -0.39 is 12.5 Å². The zero-order valence-corrected chi connectivity index (χ0v) is 14.8. The third kappa shape index (κ3) is 3.95.